The zero-order chi connectivity index (χ0) is 17.6. The first-order valence-corrected chi connectivity index (χ1v) is 8.51. The van der Waals surface area contributed by atoms with E-state index in [0.717, 1.165) is 17.0 Å². The van der Waals surface area contributed by atoms with Gasteiger partial charge >= 0.3 is 0 Å². The van der Waals surface area contributed by atoms with Gasteiger partial charge in [0.15, 0.2) is 0 Å². The third kappa shape index (κ3) is 2.80. The molecule has 0 radical (unpaired) electrons. The van der Waals surface area contributed by atoms with Crippen molar-refractivity contribution in [3.8, 4) is 5.75 Å². The van der Waals surface area contributed by atoms with E-state index in [1.807, 2.05) is 6.07 Å². The number of rotatable bonds is 1. The Balaban J connectivity index is 1.70. The van der Waals surface area contributed by atoms with E-state index in [9.17, 15) is 4.79 Å². The molecule has 0 N–H and O–H groups in total. The molecule has 0 saturated carbocycles. The minimum atomic E-state index is -0.122. The average molecular weight is 335 g/mol. The van der Waals surface area contributed by atoms with Crippen LogP contribution in [0, 0.1) is 5.92 Å². The van der Waals surface area contributed by atoms with Crippen LogP contribution in [0.25, 0.3) is 0 Å². The number of hydrogen-bond acceptors (Lipinski definition) is 4. The van der Waals surface area contributed by atoms with Crippen LogP contribution in [0.15, 0.2) is 47.8 Å². The normalized spacial score (nSPS) is 18.9. The van der Waals surface area contributed by atoms with Crippen LogP contribution in [0.4, 0.5) is 0 Å². The summed E-state index contributed by atoms with van der Waals surface area (Å²) >= 11 is 0. The highest BCUT2D eigenvalue weighted by Crippen LogP contribution is 2.35. The van der Waals surface area contributed by atoms with Crippen LogP contribution in [-0.2, 0) is 5.41 Å². The maximum Gasteiger partial charge on any atom is 0.275 e. The quantitative estimate of drug-likeness (QED) is 0.804. The predicted octanol–water partition coefficient (Wildman–Crippen LogP) is 3.25. The van der Waals surface area contributed by atoms with Crippen molar-refractivity contribution in [1.29, 1.82) is 0 Å². The first-order valence-electron chi connectivity index (χ1n) is 8.51. The molecule has 4 rings (SSSR count). The number of aromatic nitrogens is 1. The Kier molecular flexibility index (Phi) is 3.60. The number of benzene rings is 1. The van der Waals surface area contributed by atoms with E-state index in [1.165, 1.54) is 5.56 Å². The van der Waals surface area contributed by atoms with E-state index in [2.05, 4.69) is 43.0 Å². The molecule has 0 aliphatic carbocycles. The van der Waals surface area contributed by atoms with Crippen molar-refractivity contribution in [3.63, 3.8) is 0 Å². The molecule has 5 heteroatoms. The van der Waals surface area contributed by atoms with Gasteiger partial charge in [0.2, 0.25) is 0 Å². The van der Waals surface area contributed by atoms with Crippen LogP contribution in [0.2, 0.25) is 0 Å². The molecular formula is C20H21N3O2. The molecular weight excluding hydrogens is 314 g/mol. The second-order valence-corrected chi connectivity index (χ2v) is 7.58. The van der Waals surface area contributed by atoms with Crippen LogP contribution < -0.4 is 4.74 Å². The minimum Gasteiger partial charge on any atom is -0.492 e. The molecule has 1 amide bonds. The zero-order valence-corrected chi connectivity index (χ0v) is 14.7. The van der Waals surface area contributed by atoms with E-state index < -0.39 is 0 Å². The van der Waals surface area contributed by atoms with Crippen molar-refractivity contribution in [3.05, 3.63) is 59.4 Å². The van der Waals surface area contributed by atoms with Crippen molar-refractivity contribution >= 4 is 11.6 Å². The standard InChI is InChI=1S/C20H21N3O2/c1-20(2,3)15-6-7-17-16(9-15)18-14(12-25-17)11-23(22-18)19(24)13-5-4-8-21-10-13/h4-10,14H,11-12H2,1-3H3. The lowest BCUT2D eigenvalue weighted by molar-refractivity contribution is 0.0760. The lowest BCUT2D eigenvalue weighted by atomic mass is 9.84. The molecule has 25 heavy (non-hydrogen) atoms. The van der Waals surface area contributed by atoms with Gasteiger partial charge in [-0.1, -0.05) is 26.8 Å². The molecule has 2 aromatic rings. The summed E-state index contributed by atoms with van der Waals surface area (Å²) in [5, 5.41) is 6.18. The summed E-state index contributed by atoms with van der Waals surface area (Å²) in [4.78, 5) is 16.7. The molecule has 0 bridgehead atoms. The van der Waals surface area contributed by atoms with Gasteiger partial charge in [-0.3, -0.25) is 9.78 Å². The molecule has 1 atom stereocenters. The molecule has 3 heterocycles. The van der Waals surface area contributed by atoms with Gasteiger partial charge < -0.3 is 4.74 Å². The second kappa shape index (κ2) is 5.69. The van der Waals surface area contributed by atoms with E-state index in [1.54, 1.807) is 29.5 Å². The van der Waals surface area contributed by atoms with Gasteiger partial charge in [-0.25, -0.2) is 5.01 Å². The fourth-order valence-corrected chi connectivity index (χ4v) is 3.23. The van der Waals surface area contributed by atoms with E-state index >= 15 is 0 Å². The summed E-state index contributed by atoms with van der Waals surface area (Å²) in [6, 6.07) is 9.79. The number of ether oxygens (including phenoxy) is 1. The highest BCUT2D eigenvalue weighted by Gasteiger charge is 2.36. The van der Waals surface area contributed by atoms with Gasteiger partial charge in [-0.2, -0.15) is 5.10 Å². The van der Waals surface area contributed by atoms with E-state index in [-0.39, 0.29) is 17.2 Å². The molecule has 1 unspecified atom stereocenters. The molecule has 0 spiro atoms. The highest BCUT2D eigenvalue weighted by molar-refractivity contribution is 6.08. The summed E-state index contributed by atoms with van der Waals surface area (Å²) in [6.07, 6.45) is 3.23. The van der Waals surface area contributed by atoms with Gasteiger partial charge in [0, 0.05) is 18.0 Å². The number of nitrogens with zero attached hydrogens (tertiary/aromatic N) is 3. The smallest absolute Gasteiger partial charge is 0.275 e. The van der Waals surface area contributed by atoms with E-state index in [4.69, 9.17) is 4.74 Å². The Hall–Kier alpha value is -2.69. The second-order valence-electron chi connectivity index (χ2n) is 7.58. The fourth-order valence-electron chi connectivity index (χ4n) is 3.23. The lowest BCUT2D eigenvalue weighted by Crippen LogP contribution is -2.31. The minimum absolute atomic E-state index is 0.0480. The third-order valence-electron chi connectivity index (χ3n) is 4.71. The summed E-state index contributed by atoms with van der Waals surface area (Å²) in [7, 11) is 0. The van der Waals surface area contributed by atoms with Crippen LogP contribution in [0.3, 0.4) is 0 Å². The number of pyridine rings is 1. The number of amides is 1. The molecule has 1 aromatic carbocycles. The van der Waals surface area contributed by atoms with Crippen LogP contribution >= 0.6 is 0 Å². The Morgan fingerprint density at radius 1 is 1.28 bits per heavy atom. The topological polar surface area (TPSA) is 54.8 Å². The molecule has 5 nitrogen and oxygen atoms in total. The lowest BCUT2D eigenvalue weighted by Gasteiger charge is -2.26. The van der Waals surface area contributed by atoms with Crippen LogP contribution in [0.5, 0.6) is 5.75 Å². The number of fused-ring (bicyclic) bond motifs is 3. The predicted molar refractivity (Wildman–Crippen MR) is 95.9 cm³/mol. The average Bonchev–Trinajstić information content (AvgIpc) is 3.05. The van der Waals surface area contributed by atoms with Gasteiger partial charge in [0.05, 0.1) is 30.3 Å². The molecule has 2 aliphatic heterocycles. The number of hydrazone groups is 1. The SMILES string of the molecule is CC(C)(C)c1ccc2c(c1)C1=NN(C(=O)c3cccnc3)CC1CO2. The van der Waals surface area contributed by atoms with Crippen molar-refractivity contribution < 1.29 is 9.53 Å². The Labute approximate surface area is 147 Å². The molecule has 0 fully saturated rings. The van der Waals surface area contributed by atoms with E-state index in [0.29, 0.717) is 18.7 Å². The van der Waals surface area contributed by atoms with Gasteiger partial charge in [-0.15, -0.1) is 0 Å². The Bertz CT molecular complexity index is 853. The third-order valence-corrected chi connectivity index (χ3v) is 4.71. The molecule has 1 aromatic heterocycles. The van der Waals surface area contributed by atoms with Crippen LogP contribution in [0.1, 0.15) is 42.3 Å². The maximum absolute atomic E-state index is 12.7. The van der Waals surface area contributed by atoms with Gasteiger partial charge in [-0.05, 0) is 35.2 Å². The Morgan fingerprint density at radius 2 is 2.12 bits per heavy atom. The van der Waals surface area contributed by atoms with Gasteiger partial charge in [0.1, 0.15) is 5.75 Å². The summed E-state index contributed by atoms with van der Waals surface area (Å²) < 4.78 is 5.91. The first-order chi connectivity index (χ1) is 11.9. The van der Waals surface area contributed by atoms with Gasteiger partial charge in [0.25, 0.3) is 5.91 Å². The number of carbonyl (C=O) groups is 1. The van der Waals surface area contributed by atoms with Crippen molar-refractivity contribution in [2.75, 3.05) is 13.2 Å². The van der Waals surface area contributed by atoms with Crippen molar-refractivity contribution in [2.24, 2.45) is 11.0 Å². The largest absolute Gasteiger partial charge is 0.492 e. The monoisotopic (exact) mass is 335 g/mol. The zero-order valence-electron chi connectivity index (χ0n) is 14.7. The maximum atomic E-state index is 12.7. The molecule has 128 valence electrons. The van der Waals surface area contributed by atoms with Crippen LogP contribution in [-0.4, -0.2) is 34.8 Å². The summed E-state index contributed by atoms with van der Waals surface area (Å²) in [5.41, 5.74) is 3.78. The van der Waals surface area contributed by atoms with Crippen molar-refractivity contribution in [2.45, 2.75) is 26.2 Å². The summed E-state index contributed by atoms with van der Waals surface area (Å²) in [6.45, 7) is 7.65. The number of carbonyl (C=O) groups excluding carboxylic acids is 1. The van der Waals surface area contributed by atoms with Crippen molar-refractivity contribution in [1.82, 2.24) is 9.99 Å². The summed E-state index contributed by atoms with van der Waals surface area (Å²) in [5.74, 6) is 0.838. The first kappa shape index (κ1) is 15.8. The fraction of sp³-hybridized carbons (Fsp3) is 0.350. The Morgan fingerprint density at radius 3 is 2.84 bits per heavy atom. The molecule has 2 aliphatic rings. The number of hydrogen-bond donors (Lipinski definition) is 0. The molecule has 0 saturated heterocycles. The highest BCUT2D eigenvalue weighted by atomic mass is 16.5.